The van der Waals surface area contributed by atoms with Crippen LogP contribution in [0.25, 0.3) is 33.4 Å². The van der Waals surface area contributed by atoms with Crippen LogP contribution in [0.15, 0.2) is 79.6 Å². The highest BCUT2D eigenvalue weighted by molar-refractivity contribution is 8.00. The van der Waals surface area contributed by atoms with Crippen LogP contribution in [0.3, 0.4) is 0 Å². The van der Waals surface area contributed by atoms with Gasteiger partial charge in [-0.1, -0.05) is 24.3 Å². The molecule has 1 amide bonds. The largest absolute Gasteiger partial charge is 0.360 e. The van der Waals surface area contributed by atoms with E-state index >= 15 is 0 Å². The lowest BCUT2D eigenvalue weighted by atomic mass is 10.1. The number of amides is 1. The molecule has 160 valence electrons. The third-order valence-electron chi connectivity index (χ3n) is 5.46. The van der Waals surface area contributed by atoms with Gasteiger partial charge in [-0.05, 0) is 24.3 Å². The Morgan fingerprint density at radius 3 is 2.67 bits per heavy atom. The van der Waals surface area contributed by atoms with Gasteiger partial charge in [0.25, 0.3) is 0 Å². The molecule has 0 saturated carbocycles. The van der Waals surface area contributed by atoms with Gasteiger partial charge in [0.2, 0.25) is 11.9 Å². The van der Waals surface area contributed by atoms with Gasteiger partial charge in [0, 0.05) is 46.8 Å². The van der Waals surface area contributed by atoms with Crippen LogP contribution in [0.1, 0.15) is 11.1 Å². The molecule has 5 aromatic rings. The maximum Gasteiger partial charge on any atom is 0.240 e. The quantitative estimate of drug-likeness (QED) is 0.436. The number of carbonyl (C=O) groups excluding carboxylic acids is 1. The molecule has 1 fully saturated rings. The molecule has 9 heteroatoms. The molecule has 33 heavy (non-hydrogen) atoms. The molecule has 6 rings (SSSR count). The number of pyridine rings is 1. The van der Waals surface area contributed by atoms with Crippen LogP contribution in [0.4, 0.5) is 5.95 Å². The number of aromatic nitrogens is 6. The fraction of sp³-hybridized carbons (Fsp3) is 0.0833. The number of H-pyrrole nitrogens is 1. The first-order valence-corrected chi connectivity index (χ1v) is 11.4. The Bertz CT molecular complexity index is 1460. The first-order chi connectivity index (χ1) is 16.3. The van der Waals surface area contributed by atoms with E-state index in [9.17, 15) is 4.79 Å². The number of rotatable bonds is 4. The second kappa shape index (κ2) is 8.10. The number of fused-ring (bicyclic) bond motifs is 1. The average molecular weight is 452 g/mol. The van der Waals surface area contributed by atoms with Crippen LogP contribution in [0.2, 0.25) is 0 Å². The van der Waals surface area contributed by atoms with Crippen LogP contribution in [0, 0.1) is 0 Å². The highest BCUT2D eigenvalue weighted by Gasteiger charge is 2.37. The zero-order valence-electron chi connectivity index (χ0n) is 17.3. The number of nitrogens with one attached hydrogen (secondary N) is 1. The molecule has 0 aliphatic carbocycles. The van der Waals surface area contributed by atoms with E-state index < -0.39 is 0 Å². The fourth-order valence-corrected chi connectivity index (χ4v) is 5.03. The minimum absolute atomic E-state index is 0.0537. The highest BCUT2D eigenvalue weighted by Crippen LogP contribution is 2.41. The van der Waals surface area contributed by atoms with Crippen LogP contribution < -0.4 is 4.90 Å². The van der Waals surface area contributed by atoms with E-state index in [2.05, 4.69) is 19.9 Å². The molecule has 1 aliphatic heterocycles. The summed E-state index contributed by atoms with van der Waals surface area (Å²) >= 11 is 1.52. The molecule has 0 spiro atoms. The predicted molar refractivity (Wildman–Crippen MR) is 127 cm³/mol. The third kappa shape index (κ3) is 3.52. The molecule has 1 atom stereocenters. The maximum absolute atomic E-state index is 13.0. The summed E-state index contributed by atoms with van der Waals surface area (Å²) in [5.41, 5.74) is 4.83. The predicted octanol–water partition coefficient (Wildman–Crippen LogP) is 4.26. The summed E-state index contributed by atoms with van der Waals surface area (Å²) in [5.74, 6) is 0.621. The molecule has 1 aromatic carbocycles. The van der Waals surface area contributed by atoms with Gasteiger partial charge < -0.3 is 4.98 Å². The lowest BCUT2D eigenvalue weighted by Gasteiger charge is -2.22. The number of carbonyl (C=O) groups is 1. The molecule has 4 aromatic heterocycles. The second-order valence-electron chi connectivity index (χ2n) is 7.50. The summed E-state index contributed by atoms with van der Waals surface area (Å²) < 4.78 is 0. The van der Waals surface area contributed by atoms with E-state index in [0.29, 0.717) is 23.1 Å². The van der Waals surface area contributed by atoms with Crippen molar-refractivity contribution in [1.82, 2.24) is 29.9 Å². The van der Waals surface area contributed by atoms with E-state index in [1.165, 1.54) is 18.1 Å². The lowest BCUT2D eigenvalue weighted by molar-refractivity contribution is -0.115. The molecule has 0 radical (unpaired) electrons. The smallest absolute Gasteiger partial charge is 0.240 e. The summed E-state index contributed by atoms with van der Waals surface area (Å²) in [4.78, 5) is 40.3. The van der Waals surface area contributed by atoms with Crippen LogP contribution in [-0.2, 0) is 4.79 Å². The van der Waals surface area contributed by atoms with E-state index in [4.69, 9.17) is 9.97 Å². The van der Waals surface area contributed by atoms with Crippen molar-refractivity contribution >= 4 is 34.5 Å². The van der Waals surface area contributed by atoms with E-state index in [-0.39, 0.29) is 11.3 Å². The Morgan fingerprint density at radius 2 is 1.82 bits per heavy atom. The van der Waals surface area contributed by atoms with Crippen LogP contribution in [-0.4, -0.2) is 41.6 Å². The molecule has 5 heterocycles. The zero-order chi connectivity index (χ0) is 22.2. The lowest BCUT2D eigenvalue weighted by Crippen LogP contribution is -2.30. The number of benzene rings is 1. The molecule has 1 saturated heterocycles. The molecule has 1 aliphatic rings. The van der Waals surface area contributed by atoms with Gasteiger partial charge in [-0.15, -0.1) is 11.8 Å². The molecule has 1 N–H and O–H groups in total. The van der Waals surface area contributed by atoms with Crippen molar-refractivity contribution < 1.29 is 4.79 Å². The van der Waals surface area contributed by atoms with Gasteiger partial charge in [-0.2, -0.15) is 0 Å². The van der Waals surface area contributed by atoms with Gasteiger partial charge in [-0.3, -0.25) is 14.7 Å². The summed E-state index contributed by atoms with van der Waals surface area (Å²) in [6.07, 6.45) is 8.54. The first kappa shape index (κ1) is 19.6. The van der Waals surface area contributed by atoms with Gasteiger partial charge in [0.05, 0.1) is 22.8 Å². The van der Waals surface area contributed by atoms with Gasteiger partial charge >= 0.3 is 0 Å². The Morgan fingerprint density at radius 1 is 1.00 bits per heavy atom. The minimum Gasteiger partial charge on any atom is -0.360 e. The van der Waals surface area contributed by atoms with E-state index in [0.717, 1.165) is 27.7 Å². The van der Waals surface area contributed by atoms with Crippen molar-refractivity contribution in [3.63, 3.8) is 0 Å². The number of hydrogen-bond acceptors (Lipinski definition) is 7. The van der Waals surface area contributed by atoms with Crippen molar-refractivity contribution in [2.75, 3.05) is 10.7 Å². The summed E-state index contributed by atoms with van der Waals surface area (Å²) in [6.45, 7) is 0. The Hall–Kier alpha value is -4.11. The fourth-order valence-electron chi connectivity index (χ4n) is 3.92. The van der Waals surface area contributed by atoms with Crippen LogP contribution >= 0.6 is 11.8 Å². The SMILES string of the molecule is O=C1CSC(c2ccccn2)N1c1nc(-c2cncnc2)cc(-c2c[nH]c3ccccc23)n1. The number of para-hydroxylation sites is 1. The normalized spacial score (nSPS) is 15.9. The summed E-state index contributed by atoms with van der Waals surface area (Å²) in [6, 6.07) is 15.6. The summed E-state index contributed by atoms with van der Waals surface area (Å²) in [7, 11) is 0. The standard InChI is InChI=1S/C24H17N7OS/c32-22-13-33-23(19-7-3-4-8-27-19)31(22)24-29-20(15-10-25-14-26-11-15)9-21(30-24)17-12-28-18-6-2-1-5-16(17)18/h1-12,14,23,28H,13H2. The monoisotopic (exact) mass is 451 g/mol. The molecule has 1 unspecified atom stereocenters. The molecule has 0 bridgehead atoms. The first-order valence-electron chi connectivity index (χ1n) is 10.3. The van der Waals surface area contributed by atoms with Crippen LogP contribution in [0.5, 0.6) is 0 Å². The zero-order valence-corrected chi connectivity index (χ0v) is 18.1. The Labute approximate surface area is 193 Å². The molecular formula is C24H17N7OS. The topological polar surface area (TPSA) is 101 Å². The van der Waals surface area contributed by atoms with Gasteiger partial charge in [0.1, 0.15) is 11.7 Å². The molecular weight excluding hydrogens is 434 g/mol. The van der Waals surface area contributed by atoms with Gasteiger partial charge in [0.15, 0.2) is 0 Å². The summed E-state index contributed by atoms with van der Waals surface area (Å²) in [5, 5.41) is 0.748. The number of anilines is 1. The van der Waals surface area contributed by atoms with Crippen molar-refractivity contribution in [1.29, 1.82) is 0 Å². The van der Waals surface area contributed by atoms with Crippen molar-refractivity contribution in [3.8, 4) is 22.5 Å². The Kier molecular flexibility index (Phi) is 4.80. The highest BCUT2D eigenvalue weighted by atomic mass is 32.2. The maximum atomic E-state index is 13.0. The van der Waals surface area contributed by atoms with Crippen molar-refractivity contribution in [3.05, 3.63) is 85.3 Å². The average Bonchev–Trinajstić information content (AvgIpc) is 3.48. The third-order valence-corrected chi connectivity index (χ3v) is 6.64. The minimum atomic E-state index is -0.295. The van der Waals surface area contributed by atoms with E-state index in [1.807, 2.05) is 54.7 Å². The molecule has 8 nitrogen and oxygen atoms in total. The Balaban J connectivity index is 1.54. The van der Waals surface area contributed by atoms with Gasteiger partial charge in [-0.25, -0.2) is 19.9 Å². The van der Waals surface area contributed by atoms with Crippen molar-refractivity contribution in [2.24, 2.45) is 0 Å². The number of nitrogens with zero attached hydrogens (tertiary/aromatic N) is 6. The van der Waals surface area contributed by atoms with Crippen molar-refractivity contribution in [2.45, 2.75) is 5.37 Å². The second-order valence-corrected chi connectivity index (χ2v) is 8.56. The number of hydrogen-bond donors (Lipinski definition) is 1. The van der Waals surface area contributed by atoms with E-state index in [1.54, 1.807) is 23.5 Å². The number of thioether (sulfide) groups is 1. The number of aromatic amines is 1.